The lowest BCUT2D eigenvalue weighted by Gasteiger charge is -2.32. The van der Waals surface area contributed by atoms with Crippen molar-refractivity contribution in [1.82, 2.24) is 14.7 Å². The van der Waals surface area contributed by atoms with E-state index in [4.69, 9.17) is 16.7 Å². The summed E-state index contributed by atoms with van der Waals surface area (Å²) in [6, 6.07) is 7.40. The number of piperidine rings is 1. The van der Waals surface area contributed by atoms with Crippen molar-refractivity contribution in [2.45, 2.75) is 39.0 Å². The maximum atomic E-state index is 13.1. The number of aromatic nitrogens is 2. The van der Waals surface area contributed by atoms with E-state index in [9.17, 15) is 9.59 Å². The number of hydrogen-bond acceptors (Lipinski definition) is 3. The van der Waals surface area contributed by atoms with E-state index in [0.717, 1.165) is 24.2 Å². The summed E-state index contributed by atoms with van der Waals surface area (Å²) >= 11 is 6.09. The molecule has 0 spiro atoms. The van der Waals surface area contributed by atoms with Crippen LogP contribution in [-0.4, -0.2) is 44.8 Å². The standard InChI is InChI=1S/C20H24ClN3O3/c1-2-18-17(12-22-24(18)16-7-3-6-15(21)11-16)20(27)23-10-4-5-14(13-23)8-9-19(25)26/h3,6-7,11-12,14H,2,4-5,8-10,13H2,1H3,(H,25,26). The molecule has 3 rings (SSSR count). The minimum Gasteiger partial charge on any atom is -0.481 e. The Labute approximate surface area is 163 Å². The number of likely N-dealkylation sites (tertiary alicyclic amines) is 1. The molecule has 2 aromatic rings. The van der Waals surface area contributed by atoms with Crippen molar-refractivity contribution in [2.24, 2.45) is 5.92 Å². The van der Waals surface area contributed by atoms with Crippen LogP contribution in [0.5, 0.6) is 0 Å². The van der Waals surface area contributed by atoms with E-state index < -0.39 is 5.97 Å². The molecule has 2 heterocycles. The highest BCUT2D eigenvalue weighted by atomic mass is 35.5. The fourth-order valence-corrected chi connectivity index (χ4v) is 3.89. The van der Waals surface area contributed by atoms with E-state index >= 15 is 0 Å². The van der Waals surface area contributed by atoms with E-state index in [-0.39, 0.29) is 18.2 Å². The van der Waals surface area contributed by atoms with Gasteiger partial charge in [0, 0.05) is 24.5 Å². The molecular formula is C20H24ClN3O3. The molecular weight excluding hydrogens is 366 g/mol. The van der Waals surface area contributed by atoms with Crippen LogP contribution < -0.4 is 0 Å². The second-order valence-electron chi connectivity index (χ2n) is 6.94. The van der Waals surface area contributed by atoms with Gasteiger partial charge in [0.2, 0.25) is 0 Å². The maximum absolute atomic E-state index is 13.1. The maximum Gasteiger partial charge on any atom is 0.303 e. The Kier molecular flexibility index (Phi) is 6.16. The molecule has 0 aliphatic carbocycles. The SMILES string of the molecule is CCc1c(C(=O)N2CCCC(CCC(=O)O)C2)cnn1-c1cccc(Cl)c1. The van der Waals surface area contributed by atoms with Crippen molar-refractivity contribution < 1.29 is 14.7 Å². The number of hydrogen-bond donors (Lipinski definition) is 1. The first kappa shape index (κ1) is 19.4. The van der Waals surface area contributed by atoms with Crippen molar-refractivity contribution in [3.8, 4) is 5.69 Å². The minimum absolute atomic E-state index is 0.0276. The van der Waals surface area contributed by atoms with E-state index in [2.05, 4.69) is 5.10 Å². The summed E-state index contributed by atoms with van der Waals surface area (Å²) in [5.74, 6) is -0.568. The third kappa shape index (κ3) is 4.50. The Balaban J connectivity index is 1.79. The number of rotatable bonds is 6. The van der Waals surface area contributed by atoms with E-state index in [1.165, 1.54) is 0 Å². The lowest BCUT2D eigenvalue weighted by Crippen LogP contribution is -2.40. The van der Waals surface area contributed by atoms with Crippen LogP contribution in [0.2, 0.25) is 5.02 Å². The van der Waals surface area contributed by atoms with Gasteiger partial charge in [-0.25, -0.2) is 4.68 Å². The van der Waals surface area contributed by atoms with Crippen molar-refractivity contribution in [1.29, 1.82) is 0 Å². The molecule has 27 heavy (non-hydrogen) atoms. The van der Waals surface area contributed by atoms with Crippen LogP contribution in [0, 0.1) is 5.92 Å². The second kappa shape index (κ2) is 8.57. The summed E-state index contributed by atoms with van der Waals surface area (Å²) in [5.41, 5.74) is 2.29. The molecule has 1 aromatic carbocycles. The van der Waals surface area contributed by atoms with Crippen molar-refractivity contribution in [2.75, 3.05) is 13.1 Å². The predicted molar refractivity (Wildman–Crippen MR) is 103 cm³/mol. The summed E-state index contributed by atoms with van der Waals surface area (Å²) < 4.78 is 1.77. The largest absolute Gasteiger partial charge is 0.481 e. The first-order valence-corrected chi connectivity index (χ1v) is 9.71. The van der Waals surface area contributed by atoms with Crippen LogP contribution in [0.4, 0.5) is 0 Å². The molecule has 1 atom stereocenters. The van der Waals surface area contributed by atoms with Crippen LogP contribution in [0.25, 0.3) is 5.69 Å². The predicted octanol–water partition coefficient (Wildman–Crippen LogP) is 3.81. The van der Waals surface area contributed by atoms with E-state index in [1.807, 2.05) is 30.0 Å². The summed E-state index contributed by atoms with van der Waals surface area (Å²) in [5, 5.41) is 13.9. The first-order chi connectivity index (χ1) is 13.0. The zero-order chi connectivity index (χ0) is 19.4. The van der Waals surface area contributed by atoms with Gasteiger partial charge in [-0.3, -0.25) is 9.59 Å². The normalized spacial score (nSPS) is 17.1. The highest BCUT2D eigenvalue weighted by Gasteiger charge is 2.27. The summed E-state index contributed by atoms with van der Waals surface area (Å²) in [6.07, 6.45) is 4.94. The molecule has 1 N–H and O–H groups in total. The third-order valence-electron chi connectivity index (χ3n) is 5.06. The Hall–Kier alpha value is -2.34. The van der Waals surface area contributed by atoms with Gasteiger partial charge in [0.25, 0.3) is 5.91 Å². The lowest BCUT2D eigenvalue weighted by molar-refractivity contribution is -0.137. The fraction of sp³-hybridized carbons (Fsp3) is 0.450. The number of carboxylic acids is 1. The van der Waals surface area contributed by atoms with Crippen LogP contribution >= 0.6 is 11.6 Å². The quantitative estimate of drug-likeness (QED) is 0.815. The number of amides is 1. The molecule has 1 unspecified atom stereocenters. The number of carbonyl (C=O) groups is 2. The second-order valence-corrected chi connectivity index (χ2v) is 7.38. The van der Waals surface area contributed by atoms with Crippen molar-refractivity contribution in [3.05, 3.63) is 46.7 Å². The Morgan fingerprint density at radius 2 is 2.19 bits per heavy atom. The Bertz CT molecular complexity index is 834. The molecule has 1 fully saturated rings. The highest BCUT2D eigenvalue weighted by Crippen LogP contribution is 2.25. The van der Waals surface area contributed by atoms with Crippen LogP contribution in [0.1, 0.15) is 48.7 Å². The number of nitrogens with zero attached hydrogens (tertiary/aromatic N) is 3. The zero-order valence-corrected chi connectivity index (χ0v) is 16.2. The van der Waals surface area contributed by atoms with Gasteiger partial charge in [-0.05, 0) is 49.8 Å². The van der Waals surface area contributed by atoms with Crippen LogP contribution in [0.15, 0.2) is 30.5 Å². The number of carbonyl (C=O) groups excluding carboxylic acids is 1. The van der Waals surface area contributed by atoms with Crippen molar-refractivity contribution >= 4 is 23.5 Å². The molecule has 1 saturated heterocycles. The summed E-state index contributed by atoms with van der Waals surface area (Å²) in [6.45, 7) is 3.31. The molecule has 7 heteroatoms. The van der Waals surface area contributed by atoms with Gasteiger partial charge in [0.15, 0.2) is 0 Å². The molecule has 0 bridgehead atoms. The van der Waals surface area contributed by atoms with Gasteiger partial charge in [0.1, 0.15) is 0 Å². The molecule has 1 aromatic heterocycles. The molecule has 0 saturated carbocycles. The van der Waals surface area contributed by atoms with Crippen LogP contribution in [-0.2, 0) is 11.2 Å². The minimum atomic E-state index is -0.783. The van der Waals surface area contributed by atoms with Gasteiger partial charge >= 0.3 is 5.97 Å². The Morgan fingerprint density at radius 3 is 2.89 bits per heavy atom. The molecule has 1 aliphatic heterocycles. The van der Waals surface area contributed by atoms with E-state index in [0.29, 0.717) is 36.5 Å². The molecule has 1 aliphatic rings. The summed E-state index contributed by atoms with van der Waals surface area (Å²) in [7, 11) is 0. The van der Waals surface area contributed by atoms with Crippen molar-refractivity contribution in [3.63, 3.8) is 0 Å². The number of halogens is 1. The fourth-order valence-electron chi connectivity index (χ4n) is 3.71. The third-order valence-corrected chi connectivity index (χ3v) is 5.29. The Morgan fingerprint density at radius 1 is 1.37 bits per heavy atom. The zero-order valence-electron chi connectivity index (χ0n) is 15.4. The van der Waals surface area contributed by atoms with Gasteiger partial charge in [0.05, 0.1) is 23.1 Å². The average molecular weight is 390 g/mol. The van der Waals surface area contributed by atoms with E-state index in [1.54, 1.807) is 16.9 Å². The lowest BCUT2D eigenvalue weighted by atomic mass is 9.93. The summed E-state index contributed by atoms with van der Waals surface area (Å²) in [4.78, 5) is 25.8. The number of benzene rings is 1. The van der Waals surface area contributed by atoms with Gasteiger partial charge < -0.3 is 10.0 Å². The van der Waals surface area contributed by atoms with Gasteiger partial charge in [-0.2, -0.15) is 5.10 Å². The smallest absolute Gasteiger partial charge is 0.303 e. The number of aliphatic carboxylic acids is 1. The molecule has 1 amide bonds. The molecule has 144 valence electrons. The first-order valence-electron chi connectivity index (χ1n) is 9.33. The highest BCUT2D eigenvalue weighted by molar-refractivity contribution is 6.30. The monoisotopic (exact) mass is 389 g/mol. The topological polar surface area (TPSA) is 75.4 Å². The average Bonchev–Trinajstić information content (AvgIpc) is 3.10. The number of carboxylic acid groups (broad SMARTS) is 1. The van der Waals surface area contributed by atoms with Gasteiger partial charge in [-0.15, -0.1) is 0 Å². The van der Waals surface area contributed by atoms with Crippen LogP contribution in [0.3, 0.4) is 0 Å². The molecule has 6 nitrogen and oxygen atoms in total. The van der Waals surface area contributed by atoms with Gasteiger partial charge in [-0.1, -0.05) is 24.6 Å². The molecule has 0 radical (unpaired) electrons.